The standard InChI is InChI=1S/C19H19FN4O2/c1-2-26-19(25)15-4-3-7-22-18(15)24-10-8-23(9-11-24)17-6-5-14(13-21)12-16(17)20/h3-7,12H,2,8-11H2,1H3. The first-order valence-corrected chi connectivity index (χ1v) is 8.45. The summed E-state index contributed by atoms with van der Waals surface area (Å²) in [5.41, 5.74) is 1.22. The average molecular weight is 354 g/mol. The molecule has 7 heteroatoms. The number of rotatable bonds is 4. The lowest BCUT2D eigenvalue weighted by molar-refractivity contribution is 0.0526. The van der Waals surface area contributed by atoms with Crippen LogP contribution in [0.1, 0.15) is 22.8 Å². The van der Waals surface area contributed by atoms with E-state index >= 15 is 0 Å². The van der Waals surface area contributed by atoms with Crippen molar-refractivity contribution in [1.29, 1.82) is 5.26 Å². The number of carbonyl (C=O) groups is 1. The third-order valence-corrected chi connectivity index (χ3v) is 4.28. The number of carbonyl (C=O) groups excluding carboxylic acids is 1. The van der Waals surface area contributed by atoms with Crippen molar-refractivity contribution in [3.63, 3.8) is 0 Å². The molecule has 2 aromatic rings. The molecule has 3 rings (SSSR count). The maximum atomic E-state index is 14.2. The summed E-state index contributed by atoms with van der Waals surface area (Å²) in [6.07, 6.45) is 1.64. The van der Waals surface area contributed by atoms with E-state index in [0.29, 0.717) is 55.4 Å². The molecule has 0 unspecified atom stereocenters. The van der Waals surface area contributed by atoms with Gasteiger partial charge in [0.1, 0.15) is 17.2 Å². The van der Waals surface area contributed by atoms with Crippen LogP contribution in [0.4, 0.5) is 15.9 Å². The van der Waals surface area contributed by atoms with Gasteiger partial charge in [-0.25, -0.2) is 14.2 Å². The van der Waals surface area contributed by atoms with Crippen LogP contribution in [0.2, 0.25) is 0 Å². The maximum Gasteiger partial charge on any atom is 0.341 e. The number of pyridine rings is 1. The Morgan fingerprint density at radius 1 is 1.27 bits per heavy atom. The Labute approximate surface area is 151 Å². The zero-order valence-corrected chi connectivity index (χ0v) is 14.5. The number of aromatic nitrogens is 1. The molecule has 0 bridgehead atoms. The van der Waals surface area contributed by atoms with Gasteiger partial charge in [0.05, 0.1) is 23.9 Å². The molecule has 1 aliphatic heterocycles. The summed E-state index contributed by atoms with van der Waals surface area (Å²) in [6.45, 7) is 4.44. The molecule has 26 heavy (non-hydrogen) atoms. The van der Waals surface area contributed by atoms with Crippen LogP contribution in [-0.2, 0) is 4.74 Å². The zero-order chi connectivity index (χ0) is 18.5. The Morgan fingerprint density at radius 3 is 2.65 bits per heavy atom. The van der Waals surface area contributed by atoms with Crippen molar-refractivity contribution in [3.05, 3.63) is 53.5 Å². The predicted molar refractivity (Wildman–Crippen MR) is 95.7 cm³/mol. The molecular weight excluding hydrogens is 335 g/mol. The van der Waals surface area contributed by atoms with E-state index in [1.807, 2.05) is 15.9 Å². The van der Waals surface area contributed by atoms with E-state index in [1.165, 1.54) is 6.07 Å². The van der Waals surface area contributed by atoms with Crippen LogP contribution in [0.5, 0.6) is 0 Å². The smallest absolute Gasteiger partial charge is 0.341 e. The molecule has 1 aromatic heterocycles. The number of hydrogen-bond donors (Lipinski definition) is 0. The summed E-state index contributed by atoms with van der Waals surface area (Å²) in [5, 5.41) is 8.85. The van der Waals surface area contributed by atoms with Crippen LogP contribution in [0, 0.1) is 17.1 Å². The van der Waals surface area contributed by atoms with Crippen molar-refractivity contribution >= 4 is 17.5 Å². The summed E-state index contributed by atoms with van der Waals surface area (Å²) in [7, 11) is 0. The SMILES string of the molecule is CCOC(=O)c1cccnc1N1CCN(c2ccc(C#N)cc2F)CC1. The van der Waals surface area contributed by atoms with E-state index in [0.717, 1.165) is 0 Å². The van der Waals surface area contributed by atoms with Crippen molar-refractivity contribution in [2.24, 2.45) is 0 Å². The second kappa shape index (κ2) is 7.83. The first-order valence-electron chi connectivity index (χ1n) is 8.45. The average Bonchev–Trinajstić information content (AvgIpc) is 2.68. The third-order valence-electron chi connectivity index (χ3n) is 4.28. The highest BCUT2D eigenvalue weighted by Gasteiger charge is 2.24. The van der Waals surface area contributed by atoms with E-state index in [4.69, 9.17) is 10.00 Å². The van der Waals surface area contributed by atoms with Gasteiger partial charge in [-0.05, 0) is 37.3 Å². The zero-order valence-electron chi connectivity index (χ0n) is 14.5. The Hall–Kier alpha value is -3.14. The number of piperazine rings is 1. The lowest BCUT2D eigenvalue weighted by Crippen LogP contribution is -2.47. The molecule has 0 saturated carbocycles. The fourth-order valence-electron chi connectivity index (χ4n) is 3.01. The minimum Gasteiger partial charge on any atom is -0.462 e. The largest absolute Gasteiger partial charge is 0.462 e. The highest BCUT2D eigenvalue weighted by atomic mass is 19.1. The lowest BCUT2D eigenvalue weighted by Gasteiger charge is -2.37. The van der Waals surface area contributed by atoms with Gasteiger partial charge in [0.25, 0.3) is 0 Å². The molecule has 0 radical (unpaired) electrons. The summed E-state index contributed by atoms with van der Waals surface area (Å²) in [5.74, 6) is -0.204. The predicted octanol–water partition coefficient (Wildman–Crippen LogP) is 2.60. The summed E-state index contributed by atoms with van der Waals surface area (Å²) in [6, 6.07) is 9.84. The molecule has 0 atom stereocenters. The fraction of sp³-hybridized carbons (Fsp3) is 0.316. The number of hydrogen-bond acceptors (Lipinski definition) is 6. The molecule has 6 nitrogen and oxygen atoms in total. The van der Waals surface area contributed by atoms with Gasteiger partial charge < -0.3 is 14.5 Å². The Morgan fingerprint density at radius 2 is 2.00 bits per heavy atom. The van der Waals surface area contributed by atoms with Crippen LogP contribution < -0.4 is 9.80 Å². The van der Waals surface area contributed by atoms with Gasteiger partial charge >= 0.3 is 5.97 Å². The van der Waals surface area contributed by atoms with Crippen molar-refractivity contribution in [1.82, 2.24) is 4.98 Å². The molecule has 1 saturated heterocycles. The normalized spacial score (nSPS) is 14.0. The molecule has 1 aromatic carbocycles. The van der Waals surface area contributed by atoms with Gasteiger partial charge in [0, 0.05) is 32.4 Å². The van der Waals surface area contributed by atoms with Crippen LogP contribution in [0.25, 0.3) is 0 Å². The number of ether oxygens (including phenoxy) is 1. The molecule has 0 aliphatic carbocycles. The van der Waals surface area contributed by atoms with Crippen molar-refractivity contribution < 1.29 is 13.9 Å². The number of esters is 1. The van der Waals surface area contributed by atoms with E-state index < -0.39 is 11.8 Å². The van der Waals surface area contributed by atoms with Gasteiger partial charge in [-0.15, -0.1) is 0 Å². The molecule has 2 heterocycles. The molecular formula is C19H19FN4O2. The van der Waals surface area contributed by atoms with Gasteiger partial charge in [-0.1, -0.05) is 0 Å². The number of nitriles is 1. The van der Waals surface area contributed by atoms with E-state index in [2.05, 4.69) is 4.98 Å². The minimum atomic E-state index is -0.400. The van der Waals surface area contributed by atoms with Crippen LogP contribution >= 0.6 is 0 Å². The van der Waals surface area contributed by atoms with Crippen LogP contribution in [-0.4, -0.2) is 43.7 Å². The fourth-order valence-corrected chi connectivity index (χ4v) is 3.01. The van der Waals surface area contributed by atoms with Crippen LogP contribution in [0.3, 0.4) is 0 Å². The van der Waals surface area contributed by atoms with E-state index in [1.54, 1.807) is 37.4 Å². The number of nitrogens with zero attached hydrogens (tertiary/aromatic N) is 4. The summed E-state index contributed by atoms with van der Waals surface area (Å²) in [4.78, 5) is 20.4. The van der Waals surface area contributed by atoms with Gasteiger partial charge in [-0.2, -0.15) is 5.26 Å². The van der Waals surface area contributed by atoms with Gasteiger partial charge in [0.15, 0.2) is 0 Å². The molecule has 0 N–H and O–H groups in total. The summed E-state index contributed by atoms with van der Waals surface area (Å²) >= 11 is 0. The molecule has 1 fully saturated rings. The van der Waals surface area contributed by atoms with Crippen molar-refractivity contribution in [2.45, 2.75) is 6.92 Å². The summed E-state index contributed by atoms with van der Waals surface area (Å²) < 4.78 is 19.3. The monoisotopic (exact) mass is 354 g/mol. The van der Waals surface area contributed by atoms with Gasteiger partial charge in [-0.3, -0.25) is 0 Å². The first-order chi connectivity index (χ1) is 12.6. The first kappa shape index (κ1) is 17.7. The molecule has 134 valence electrons. The molecule has 0 amide bonds. The second-order valence-corrected chi connectivity index (χ2v) is 5.85. The minimum absolute atomic E-state index is 0.303. The van der Waals surface area contributed by atoms with Crippen LogP contribution in [0.15, 0.2) is 36.5 Å². The quantitative estimate of drug-likeness (QED) is 0.786. The third kappa shape index (κ3) is 3.59. The van der Waals surface area contributed by atoms with Crippen molar-refractivity contribution in [3.8, 4) is 6.07 Å². The number of anilines is 2. The van der Waals surface area contributed by atoms with Crippen molar-refractivity contribution in [2.75, 3.05) is 42.6 Å². The Kier molecular flexibility index (Phi) is 5.32. The topological polar surface area (TPSA) is 69.5 Å². The van der Waals surface area contributed by atoms with E-state index in [9.17, 15) is 9.18 Å². The second-order valence-electron chi connectivity index (χ2n) is 5.85. The Bertz CT molecular complexity index is 842. The number of benzene rings is 1. The van der Waals surface area contributed by atoms with Gasteiger partial charge in [0.2, 0.25) is 0 Å². The Balaban J connectivity index is 1.74. The highest BCUT2D eigenvalue weighted by Crippen LogP contribution is 2.25. The number of halogens is 1. The highest BCUT2D eigenvalue weighted by molar-refractivity contribution is 5.94. The van der Waals surface area contributed by atoms with E-state index in [-0.39, 0.29) is 0 Å². The lowest BCUT2D eigenvalue weighted by atomic mass is 10.1. The molecule has 0 spiro atoms. The molecule has 1 aliphatic rings. The maximum absolute atomic E-state index is 14.2.